The van der Waals surface area contributed by atoms with Crippen molar-refractivity contribution >= 4 is 77.4 Å². The fraction of sp³-hybridized carbons (Fsp3) is 0. The molecule has 0 amide bonds. The van der Waals surface area contributed by atoms with E-state index < -0.39 is 15.6 Å². The molecule has 0 fully saturated rings. The summed E-state index contributed by atoms with van der Waals surface area (Å²) >= 11 is 0. The molecule has 0 aromatic carbocycles. The van der Waals surface area contributed by atoms with Crippen molar-refractivity contribution in [2.75, 3.05) is 0 Å². The molecule has 0 saturated heterocycles. The van der Waals surface area contributed by atoms with Crippen molar-refractivity contribution in [1.82, 2.24) is 0 Å². The summed E-state index contributed by atoms with van der Waals surface area (Å²) in [5.41, 5.74) is 0. The number of phosphoric acid groups is 2. The van der Waals surface area contributed by atoms with Crippen molar-refractivity contribution < 1.29 is 55.4 Å². The Labute approximate surface area is 131 Å². The van der Waals surface area contributed by atoms with Crippen LogP contribution < -0.4 is 0 Å². The van der Waals surface area contributed by atoms with Gasteiger partial charge in [-0.2, -0.15) is 4.31 Å². The molecule has 0 heterocycles. The zero-order valence-electron chi connectivity index (χ0n) is 4.62. The Morgan fingerprint density at radius 3 is 1.08 bits per heavy atom. The van der Waals surface area contributed by atoms with E-state index in [0.29, 0.717) is 0 Å². The van der Waals surface area contributed by atoms with E-state index in [4.69, 9.17) is 19.6 Å². The zero-order valence-corrected chi connectivity index (χ0v) is 10.2. The third-order valence-corrected chi connectivity index (χ3v) is 1.91. The van der Waals surface area contributed by atoms with Gasteiger partial charge in [0.25, 0.3) is 0 Å². The molecule has 1 radical (unpaired) electrons. The Bertz CT molecular complexity index is 162. The van der Waals surface area contributed by atoms with E-state index in [0.717, 1.165) is 0 Å². The van der Waals surface area contributed by atoms with Crippen LogP contribution in [-0.4, -0.2) is 57.3 Å². The molecule has 12 heavy (non-hydrogen) atoms. The molecule has 0 aromatic heterocycles. The average molecular weight is 456 g/mol. The van der Waals surface area contributed by atoms with Gasteiger partial charge in [-0.1, -0.05) is 0 Å². The van der Waals surface area contributed by atoms with E-state index in [1.165, 1.54) is 0 Å². The zero-order chi connectivity index (χ0) is 7.71. The minimum atomic E-state index is -5.05. The van der Waals surface area contributed by atoms with E-state index in [1.54, 1.807) is 0 Å². The molecule has 0 aliphatic rings. The predicted molar refractivity (Wildman–Crippen MR) is 49.1 cm³/mol. The molecule has 79 valence electrons. The molecular weight excluding hydrogens is 449 g/mol. The summed E-state index contributed by atoms with van der Waals surface area (Å²) in [7, 11) is -10.1. The Morgan fingerprint density at radius 2 is 1.08 bits per heavy atom. The van der Waals surface area contributed by atoms with E-state index >= 15 is 0 Å². The molecule has 7 nitrogen and oxygen atoms in total. The fourth-order valence-corrected chi connectivity index (χ4v) is 1.25. The third kappa shape index (κ3) is 23.1. The van der Waals surface area contributed by atoms with E-state index in [1.807, 2.05) is 0 Å². The van der Waals surface area contributed by atoms with Crippen LogP contribution in [0.4, 0.5) is 0 Å². The van der Waals surface area contributed by atoms with Gasteiger partial charge in [0.15, 0.2) is 0 Å². The van der Waals surface area contributed by atoms with Crippen molar-refractivity contribution in [1.29, 1.82) is 0 Å². The van der Waals surface area contributed by atoms with Crippen LogP contribution in [0.1, 0.15) is 0 Å². The predicted octanol–water partition coefficient (Wildman–Crippen LogP) is -1.11. The van der Waals surface area contributed by atoms with Crippen molar-refractivity contribution in [2.24, 2.45) is 0 Å². The van der Waals surface area contributed by atoms with Crippen LogP contribution in [0.2, 0.25) is 0 Å². The monoisotopic (exact) mass is 455 g/mol. The first-order valence-corrected chi connectivity index (χ1v) is 4.59. The molecule has 0 atom stereocenters. The van der Waals surface area contributed by atoms with Gasteiger partial charge in [-0.3, -0.25) is 0 Å². The Kier molecular flexibility index (Phi) is 18.7. The molecule has 0 bridgehead atoms. The van der Waals surface area contributed by atoms with Gasteiger partial charge in [-0.25, -0.2) is 9.13 Å². The average Bonchev–Trinajstić information content (AvgIpc) is 1.14. The van der Waals surface area contributed by atoms with Crippen LogP contribution in [-0.2, 0) is 35.8 Å². The van der Waals surface area contributed by atoms with Gasteiger partial charge >= 0.3 is 53.4 Å². The molecule has 0 aliphatic carbocycles. The first-order chi connectivity index (χ1) is 3.71. The topological polar surface area (TPSA) is 124 Å². The number of halogens is 1. The number of rotatable bonds is 2. The summed E-state index contributed by atoms with van der Waals surface area (Å²) in [6, 6.07) is 0. The van der Waals surface area contributed by atoms with Crippen LogP contribution in [0.3, 0.4) is 0 Å². The Morgan fingerprint density at radius 1 is 0.917 bits per heavy atom. The number of hydrogen-bond acceptors (Lipinski definition) is 3. The molecular formula is H7AgCaIO7P2. The van der Waals surface area contributed by atoms with Crippen LogP contribution in [0.15, 0.2) is 0 Å². The van der Waals surface area contributed by atoms with Crippen molar-refractivity contribution in [3.05, 3.63) is 0 Å². The first-order valence-electron chi connectivity index (χ1n) is 1.53. The summed E-state index contributed by atoms with van der Waals surface area (Å²) in [5, 5.41) is 0. The Hall–Kier alpha value is 2.99. The molecule has 0 aliphatic heterocycles. The maximum atomic E-state index is 9.63. The Balaban J connectivity index is -0.000000107. The second-order valence-corrected chi connectivity index (χ2v) is 3.68. The maximum absolute atomic E-state index is 9.63. The van der Waals surface area contributed by atoms with Gasteiger partial charge in [-0.05, 0) is 0 Å². The van der Waals surface area contributed by atoms with Gasteiger partial charge in [-0.15, -0.1) is 24.0 Å². The van der Waals surface area contributed by atoms with E-state index in [2.05, 4.69) is 4.31 Å². The summed E-state index contributed by atoms with van der Waals surface area (Å²) in [4.78, 5) is 31.0. The second kappa shape index (κ2) is 9.23. The van der Waals surface area contributed by atoms with Gasteiger partial charge in [0, 0.05) is 22.4 Å². The molecule has 0 unspecified atom stereocenters. The van der Waals surface area contributed by atoms with Crippen LogP contribution in [0.5, 0.6) is 0 Å². The van der Waals surface area contributed by atoms with E-state index in [9.17, 15) is 9.13 Å². The van der Waals surface area contributed by atoms with Crippen molar-refractivity contribution in [3.8, 4) is 0 Å². The quantitative estimate of drug-likeness (QED) is 0.236. The van der Waals surface area contributed by atoms with Gasteiger partial charge in [0.1, 0.15) is 0 Å². The van der Waals surface area contributed by atoms with Crippen LogP contribution in [0, 0.1) is 0 Å². The van der Waals surface area contributed by atoms with Crippen molar-refractivity contribution in [3.63, 3.8) is 0 Å². The summed E-state index contributed by atoms with van der Waals surface area (Å²) in [5.74, 6) is 0. The van der Waals surface area contributed by atoms with Gasteiger partial charge in [0.2, 0.25) is 0 Å². The summed E-state index contributed by atoms with van der Waals surface area (Å²) in [6.07, 6.45) is 0. The molecule has 12 heteroatoms. The normalized spacial score (nSPS) is 10.3. The SMILES string of the molecule is I.O=P(O)(O)OP(=O)(O)O.[Ag].[CaH2]. The summed E-state index contributed by atoms with van der Waals surface area (Å²) < 4.78 is 22.2. The standard InChI is InChI=1S/Ag.Ca.HI.H4O7P2.2H/c;;;1-8(2,3)7-9(4,5)6;;/h;;1H;(H2,1,2,3)(H2,4,5,6);;. The summed E-state index contributed by atoms with van der Waals surface area (Å²) in [6.45, 7) is 0. The van der Waals surface area contributed by atoms with Crippen LogP contribution in [0.25, 0.3) is 0 Å². The fourth-order valence-electron chi connectivity index (χ4n) is 0.139. The molecule has 0 saturated carbocycles. The third-order valence-electron chi connectivity index (χ3n) is 0.213. The molecule has 0 aromatic rings. The molecule has 0 spiro atoms. The minimum absolute atomic E-state index is 0. The number of hydrogen-bond donors (Lipinski definition) is 4. The first kappa shape index (κ1) is 24.3. The van der Waals surface area contributed by atoms with E-state index in [-0.39, 0.29) is 84.1 Å². The molecule has 0 rings (SSSR count). The van der Waals surface area contributed by atoms with Gasteiger partial charge in [0.05, 0.1) is 0 Å². The van der Waals surface area contributed by atoms with Crippen molar-refractivity contribution in [2.45, 2.75) is 0 Å². The molecule has 4 N–H and O–H groups in total. The van der Waals surface area contributed by atoms with Crippen LogP contribution >= 0.6 is 39.6 Å². The van der Waals surface area contributed by atoms with Gasteiger partial charge < -0.3 is 19.6 Å². The second-order valence-electron chi connectivity index (χ2n) is 1.06.